The number of hydrogen-bond acceptors (Lipinski definition) is 3. The third-order valence-electron chi connectivity index (χ3n) is 2.53. The number of amides is 1. The minimum absolute atomic E-state index is 0.0165. The van der Waals surface area contributed by atoms with E-state index in [9.17, 15) is 4.79 Å². The Bertz CT molecular complexity index is 391. The molecular weight excluding hydrogens is 232 g/mol. The van der Waals surface area contributed by atoms with Gasteiger partial charge >= 0.3 is 0 Å². The molecule has 0 aliphatic heterocycles. The molecule has 0 atom stereocenters. The lowest BCUT2D eigenvalue weighted by atomic mass is 10.1. The molecule has 0 aromatic heterocycles. The summed E-state index contributed by atoms with van der Waals surface area (Å²) >= 11 is 4.25. The molecule has 0 bridgehead atoms. The zero-order chi connectivity index (χ0) is 12.8. The number of nitrogens with zero attached hydrogens (tertiary/aromatic N) is 1. The van der Waals surface area contributed by atoms with E-state index >= 15 is 0 Å². The molecule has 0 aliphatic carbocycles. The van der Waals surface area contributed by atoms with Gasteiger partial charge in [-0.25, -0.2) is 0 Å². The standard InChI is InChI=1S/C13H20N2OS/c1-10-5-6-11(17)9-12(10)13(16)14-7-4-8-15(2)3/h5-6,9,17H,4,7-8H2,1-3H3,(H,14,16). The zero-order valence-corrected chi connectivity index (χ0v) is 11.6. The maximum absolute atomic E-state index is 11.9. The fourth-order valence-corrected chi connectivity index (χ4v) is 1.75. The van der Waals surface area contributed by atoms with Crippen molar-refractivity contribution in [3.05, 3.63) is 29.3 Å². The van der Waals surface area contributed by atoms with Gasteiger partial charge in [-0.05, 0) is 51.7 Å². The SMILES string of the molecule is Cc1ccc(S)cc1C(=O)NCCCN(C)C. The quantitative estimate of drug-likeness (QED) is 0.620. The van der Waals surface area contributed by atoms with Crippen molar-refractivity contribution in [1.82, 2.24) is 10.2 Å². The number of thiol groups is 1. The van der Waals surface area contributed by atoms with E-state index in [1.54, 1.807) is 6.07 Å². The summed E-state index contributed by atoms with van der Waals surface area (Å²) < 4.78 is 0. The molecule has 0 heterocycles. The van der Waals surface area contributed by atoms with Crippen LogP contribution in [0, 0.1) is 6.92 Å². The van der Waals surface area contributed by atoms with Gasteiger partial charge in [0.2, 0.25) is 0 Å². The molecule has 0 radical (unpaired) electrons. The molecule has 1 N–H and O–H groups in total. The van der Waals surface area contributed by atoms with E-state index in [1.807, 2.05) is 33.2 Å². The molecule has 1 aromatic rings. The van der Waals surface area contributed by atoms with E-state index in [-0.39, 0.29) is 5.91 Å². The fourth-order valence-electron chi connectivity index (χ4n) is 1.55. The molecule has 3 nitrogen and oxygen atoms in total. The van der Waals surface area contributed by atoms with E-state index in [1.165, 1.54) is 0 Å². The maximum atomic E-state index is 11.9. The monoisotopic (exact) mass is 252 g/mol. The fraction of sp³-hybridized carbons (Fsp3) is 0.462. The van der Waals surface area contributed by atoms with Crippen LogP contribution in [0.3, 0.4) is 0 Å². The van der Waals surface area contributed by atoms with Gasteiger partial charge in [-0.3, -0.25) is 4.79 Å². The normalized spacial score (nSPS) is 10.6. The molecule has 94 valence electrons. The van der Waals surface area contributed by atoms with Gasteiger partial charge in [0.25, 0.3) is 5.91 Å². The largest absolute Gasteiger partial charge is 0.352 e. The van der Waals surface area contributed by atoms with Gasteiger partial charge in [0, 0.05) is 17.0 Å². The van der Waals surface area contributed by atoms with Gasteiger partial charge in [0.05, 0.1) is 0 Å². The van der Waals surface area contributed by atoms with Crippen LogP contribution in [-0.2, 0) is 0 Å². The third-order valence-corrected chi connectivity index (χ3v) is 2.81. The van der Waals surface area contributed by atoms with Crippen LogP contribution in [0.15, 0.2) is 23.1 Å². The van der Waals surface area contributed by atoms with Crippen molar-refractivity contribution >= 4 is 18.5 Å². The number of carbonyl (C=O) groups is 1. The number of nitrogens with one attached hydrogen (secondary N) is 1. The topological polar surface area (TPSA) is 32.3 Å². The van der Waals surface area contributed by atoms with Gasteiger partial charge in [0.1, 0.15) is 0 Å². The number of hydrogen-bond donors (Lipinski definition) is 2. The average molecular weight is 252 g/mol. The molecule has 0 saturated heterocycles. The first-order chi connectivity index (χ1) is 8.00. The summed E-state index contributed by atoms with van der Waals surface area (Å²) in [5, 5.41) is 2.92. The van der Waals surface area contributed by atoms with Crippen molar-refractivity contribution in [2.24, 2.45) is 0 Å². The predicted octanol–water partition coefficient (Wildman–Crippen LogP) is 1.97. The second kappa shape index (κ2) is 6.67. The lowest BCUT2D eigenvalue weighted by molar-refractivity contribution is 0.0951. The van der Waals surface area contributed by atoms with Crippen LogP contribution in [0.4, 0.5) is 0 Å². The van der Waals surface area contributed by atoms with E-state index in [0.717, 1.165) is 23.4 Å². The minimum Gasteiger partial charge on any atom is -0.352 e. The van der Waals surface area contributed by atoms with Gasteiger partial charge in [-0.2, -0.15) is 0 Å². The first kappa shape index (κ1) is 14.1. The predicted molar refractivity (Wildman–Crippen MR) is 73.9 cm³/mol. The molecule has 0 spiro atoms. The van der Waals surface area contributed by atoms with Crippen LogP contribution in [-0.4, -0.2) is 38.0 Å². The first-order valence-electron chi connectivity index (χ1n) is 5.73. The molecule has 17 heavy (non-hydrogen) atoms. The second-order valence-corrected chi connectivity index (χ2v) is 4.93. The highest BCUT2D eigenvalue weighted by atomic mass is 32.1. The van der Waals surface area contributed by atoms with Crippen molar-refractivity contribution in [1.29, 1.82) is 0 Å². The summed E-state index contributed by atoms with van der Waals surface area (Å²) in [6.07, 6.45) is 0.957. The van der Waals surface area contributed by atoms with Crippen molar-refractivity contribution in [3.8, 4) is 0 Å². The van der Waals surface area contributed by atoms with Crippen LogP contribution < -0.4 is 5.32 Å². The Morgan fingerprint density at radius 2 is 2.12 bits per heavy atom. The summed E-state index contributed by atoms with van der Waals surface area (Å²) in [5.74, 6) is -0.0165. The van der Waals surface area contributed by atoms with Crippen LogP contribution in [0.2, 0.25) is 0 Å². The van der Waals surface area contributed by atoms with E-state index in [0.29, 0.717) is 12.1 Å². The maximum Gasteiger partial charge on any atom is 0.251 e. The Morgan fingerprint density at radius 1 is 1.41 bits per heavy atom. The number of carbonyl (C=O) groups excluding carboxylic acids is 1. The Labute approximate surface area is 109 Å². The van der Waals surface area contributed by atoms with E-state index in [4.69, 9.17) is 0 Å². The molecule has 0 unspecified atom stereocenters. The Kier molecular flexibility index (Phi) is 5.51. The van der Waals surface area contributed by atoms with Crippen molar-refractivity contribution in [2.75, 3.05) is 27.2 Å². The number of aryl methyl sites for hydroxylation is 1. The number of rotatable bonds is 5. The highest BCUT2D eigenvalue weighted by Gasteiger charge is 2.08. The Balaban J connectivity index is 2.49. The molecule has 0 fully saturated rings. The van der Waals surface area contributed by atoms with Gasteiger partial charge in [-0.1, -0.05) is 6.07 Å². The molecule has 4 heteroatoms. The van der Waals surface area contributed by atoms with E-state index < -0.39 is 0 Å². The van der Waals surface area contributed by atoms with Crippen LogP contribution >= 0.6 is 12.6 Å². The lowest BCUT2D eigenvalue weighted by Crippen LogP contribution is -2.27. The molecule has 0 saturated carbocycles. The third kappa shape index (κ3) is 4.79. The summed E-state index contributed by atoms with van der Waals surface area (Å²) in [5.41, 5.74) is 1.69. The van der Waals surface area contributed by atoms with Crippen molar-refractivity contribution in [2.45, 2.75) is 18.2 Å². The Morgan fingerprint density at radius 3 is 2.76 bits per heavy atom. The molecular formula is C13H20N2OS. The van der Waals surface area contributed by atoms with Gasteiger partial charge in [0.15, 0.2) is 0 Å². The van der Waals surface area contributed by atoms with Crippen LogP contribution in [0.1, 0.15) is 22.3 Å². The summed E-state index contributed by atoms with van der Waals surface area (Å²) in [4.78, 5) is 14.8. The van der Waals surface area contributed by atoms with Crippen molar-refractivity contribution < 1.29 is 4.79 Å². The molecule has 1 aromatic carbocycles. The van der Waals surface area contributed by atoms with Gasteiger partial charge < -0.3 is 10.2 Å². The lowest BCUT2D eigenvalue weighted by Gasteiger charge is -2.11. The summed E-state index contributed by atoms with van der Waals surface area (Å²) in [6.45, 7) is 3.61. The van der Waals surface area contributed by atoms with Crippen LogP contribution in [0.5, 0.6) is 0 Å². The second-order valence-electron chi connectivity index (χ2n) is 4.41. The molecule has 0 aliphatic rings. The van der Waals surface area contributed by atoms with Crippen molar-refractivity contribution in [3.63, 3.8) is 0 Å². The Hall–Kier alpha value is -1.00. The van der Waals surface area contributed by atoms with Crippen LogP contribution in [0.25, 0.3) is 0 Å². The summed E-state index contributed by atoms with van der Waals surface area (Å²) in [7, 11) is 4.05. The van der Waals surface area contributed by atoms with Gasteiger partial charge in [-0.15, -0.1) is 12.6 Å². The van der Waals surface area contributed by atoms with E-state index in [2.05, 4.69) is 22.8 Å². The highest BCUT2D eigenvalue weighted by Crippen LogP contribution is 2.13. The first-order valence-corrected chi connectivity index (χ1v) is 6.18. The molecule has 1 amide bonds. The number of benzene rings is 1. The average Bonchev–Trinajstić information content (AvgIpc) is 2.27. The minimum atomic E-state index is -0.0165. The highest BCUT2D eigenvalue weighted by molar-refractivity contribution is 7.80. The zero-order valence-electron chi connectivity index (χ0n) is 10.7. The molecule has 1 rings (SSSR count). The smallest absolute Gasteiger partial charge is 0.251 e. The summed E-state index contributed by atoms with van der Waals surface area (Å²) in [6, 6.07) is 5.61.